The first-order valence-electron chi connectivity index (χ1n) is 8.14. The number of aromatic nitrogens is 2. The fourth-order valence-corrected chi connectivity index (χ4v) is 3.06. The predicted octanol–water partition coefficient (Wildman–Crippen LogP) is 3.19. The Morgan fingerprint density at radius 1 is 0.917 bits per heavy atom. The average Bonchev–Trinajstić information content (AvgIpc) is 2.62. The molecular formula is C19H19FN4. The molecule has 5 heteroatoms. The van der Waals surface area contributed by atoms with Crippen LogP contribution in [-0.2, 0) is 0 Å². The molecule has 0 N–H and O–H groups in total. The summed E-state index contributed by atoms with van der Waals surface area (Å²) in [5.41, 5.74) is 1.91. The molecule has 0 aliphatic carbocycles. The lowest BCUT2D eigenvalue weighted by atomic mass is 10.1. The van der Waals surface area contributed by atoms with Crippen LogP contribution in [0.4, 0.5) is 10.2 Å². The zero-order chi connectivity index (χ0) is 16.5. The molecule has 3 heterocycles. The van der Waals surface area contributed by atoms with Gasteiger partial charge in [0, 0.05) is 49.5 Å². The predicted molar refractivity (Wildman–Crippen MR) is 94.6 cm³/mol. The normalized spacial score (nSPS) is 15.8. The fraction of sp³-hybridized carbons (Fsp3) is 0.263. The highest BCUT2D eigenvalue weighted by Crippen LogP contribution is 2.25. The molecule has 1 aromatic carbocycles. The van der Waals surface area contributed by atoms with Crippen LogP contribution in [0.25, 0.3) is 22.0 Å². The Morgan fingerprint density at radius 2 is 1.75 bits per heavy atom. The second-order valence-electron chi connectivity index (χ2n) is 6.25. The topological polar surface area (TPSA) is 32.3 Å². The quantitative estimate of drug-likeness (QED) is 0.725. The van der Waals surface area contributed by atoms with Crippen molar-refractivity contribution in [3.8, 4) is 11.3 Å². The third kappa shape index (κ3) is 2.95. The standard InChI is InChI=1S/C19H19FN4/c1-23-6-8-24(9-7-23)19-12-15(4-5-21-19)18-11-14-2-3-17(20)10-16(14)13-22-18/h2-5,10-13H,6-9H2,1H3. The lowest BCUT2D eigenvalue weighted by Crippen LogP contribution is -2.44. The molecule has 1 fully saturated rings. The SMILES string of the molecule is CN1CCN(c2cc(-c3cc4ccc(F)cc4cn3)ccn2)CC1. The number of pyridine rings is 2. The molecule has 0 saturated carbocycles. The van der Waals surface area contributed by atoms with Crippen LogP contribution in [-0.4, -0.2) is 48.1 Å². The van der Waals surface area contributed by atoms with Gasteiger partial charge in [0.1, 0.15) is 11.6 Å². The van der Waals surface area contributed by atoms with Crippen LogP contribution in [0.15, 0.2) is 48.8 Å². The van der Waals surface area contributed by atoms with Crippen molar-refractivity contribution in [2.45, 2.75) is 0 Å². The number of likely N-dealkylation sites (N-methyl/N-ethyl adjacent to an activating group) is 1. The van der Waals surface area contributed by atoms with Crippen molar-refractivity contribution in [3.63, 3.8) is 0 Å². The van der Waals surface area contributed by atoms with Gasteiger partial charge in [0.25, 0.3) is 0 Å². The molecule has 4 rings (SSSR count). The Morgan fingerprint density at radius 3 is 2.58 bits per heavy atom. The Kier molecular flexibility index (Phi) is 3.86. The van der Waals surface area contributed by atoms with Gasteiger partial charge in [-0.2, -0.15) is 0 Å². The highest BCUT2D eigenvalue weighted by Gasteiger charge is 2.15. The molecule has 3 aromatic rings. The van der Waals surface area contributed by atoms with Gasteiger partial charge in [-0.05, 0) is 42.8 Å². The minimum Gasteiger partial charge on any atom is -0.354 e. The van der Waals surface area contributed by atoms with Crippen LogP contribution in [0.3, 0.4) is 0 Å². The molecule has 0 bridgehead atoms. The molecule has 0 amide bonds. The van der Waals surface area contributed by atoms with Gasteiger partial charge in [0.2, 0.25) is 0 Å². The third-order valence-corrected chi connectivity index (χ3v) is 4.55. The van der Waals surface area contributed by atoms with Crippen molar-refractivity contribution >= 4 is 16.6 Å². The molecule has 4 nitrogen and oxygen atoms in total. The first-order chi connectivity index (χ1) is 11.7. The zero-order valence-electron chi connectivity index (χ0n) is 13.6. The minimum absolute atomic E-state index is 0.238. The van der Waals surface area contributed by atoms with Gasteiger partial charge < -0.3 is 9.80 Å². The highest BCUT2D eigenvalue weighted by molar-refractivity contribution is 5.85. The number of hydrogen-bond acceptors (Lipinski definition) is 4. The summed E-state index contributed by atoms with van der Waals surface area (Å²) in [6, 6.07) is 10.8. The highest BCUT2D eigenvalue weighted by atomic mass is 19.1. The first kappa shape index (κ1) is 15.0. The molecule has 0 spiro atoms. The summed E-state index contributed by atoms with van der Waals surface area (Å²) < 4.78 is 13.3. The number of halogens is 1. The van der Waals surface area contributed by atoms with E-state index in [1.54, 1.807) is 12.3 Å². The van der Waals surface area contributed by atoms with E-state index < -0.39 is 0 Å². The van der Waals surface area contributed by atoms with Crippen LogP contribution in [0.1, 0.15) is 0 Å². The number of rotatable bonds is 2. The molecule has 1 aliphatic heterocycles. The monoisotopic (exact) mass is 322 g/mol. The van der Waals surface area contributed by atoms with Gasteiger partial charge in [-0.1, -0.05) is 6.07 Å². The van der Waals surface area contributed by atoms with Crippen LogP contribution in [0, 0.1) is 5.82 Å². The van der Waals surface area contributed by atoms with Crippen LogP contribution in [0.2, 0.25) is 0 Å². The molecule has 2 aromatic heterocycles. The van der Waals surface area contributed by atoms with Crippen LogP contribution < -0.4 is 4.90 Å². The van der Waals surface area contributed by atoms with Gasteiger partial charge in [-0.25, -0.2) is 9.37 Å². The third-order valence-electron chi connectivity index (χ3n) is 4.55. The molecule has 0 atom stereocenters. The summed E-state index contributed by atoms with van der Waals surface area (Å²) in [5.74, 6) is 0.750. The van der Waals surface area contributed by atoms with E-state index in [9.17, 15) is 4.39 Å². The second kappa shape index (κ2) is 6.17. The van der Waals surface area contributed by atoms with E-state index in [1.165, 1.54) is 12.1 Å². The van der Waals surface area contributed by atoms with E-state index in [0.717, 1.165) is 54.0 Å². The number of nitrogens with zero attached hydrogens (tertiary/aromatic N) is 4. The first-order valence-corrected chi connectivity index (χ1v) is 8.14. The van der Waals surface area contributed by atoms with Crippen molar-refractivity contribution < 1.29 is 4.39 Å². The van der Waals surface area contributed by atoms with E-state index in [4.69, 9.17) is 0 Å². The Labute approximate surface area is 140 Å². The lowest BCUT2D eigenvalue weighted by Gasteiger charge is -2.33. The summed E-state index contributed by atoms with van der Waals surface area (Å²) in [5, 5.41) is 1.80. The fourth-order valence-electron chi connectivity index (χ4n) is 3.06. The van der Waals surface area contributed by atoms with Crippen molar-refractivity contribution in [1.82, 2.24) is 14.9 Å². The van der Waals surface area contributed by atoms with Gasteiger partial charge in [-0.3, -0.25) is 4.98 Å². The van der Waals surface area contributed by atoms with E-state index in [0.29, 0.717) is 0 Å². The summed E-state index contributed by atoms with van der Waals surface area (Å²) in [6.45, 7) is 4.06. The molecule has 24 heavy (non-hydrogen) atoms. The van der Waals surface area contributed by atoms with Gasteiger partial charge >= 0.3 is 0 Å². The van der Waals surface area contributed by atoms with Gasteiger partial charge in [0.05, 0.1) is 5.69 Å². The van der Waals surface area contributed by atoms with E-state index in [1.807, 2.05) is 18.3 Å². The maximum Gasteiger partial charge on any atom is 0.129 e. The van der Waals surface area contributed by atoms with Gasteiger partial charge in [0.15, 0.2) is 0 Å². The zero-order valence-corrected chi connectivity index (χ0v) is 13.6. The summed E-state index contributed by atoms with van der Waals surface area (Å²) in [7, 11) is 2.14. The number of hydrogen-bond donors (Lipinski definition) is 0. The molecule has 0 radical (unpaired) electrons. The largest absolute Gasteiger partial charge is 0.354 e. The van der Waals surface area contributed by atoms with E-state index in [2.05, 4.69) is 32.9 Å². The van der Waals surface area contributed by atoms with Crippen molar-refractivity contribution in [3.05, 3.63) is 54.6 Å². The molecular weight excluding hydrogens is 303 g/mol. The Hall–Kier alpha value is -2.53. The lowest BCUT2D eigenvalue weighted by molar-refractivity contribution is 0.312. The van der Waals surface area contributed by atoms with Gasteiger partial charge in [-0.15, -0.1) is 0 Å². The maximum atomic E-state index is 13.3. The smallest absolute Gasteiger partial charge is 0.129 e. The van der Waals surface area contributed by atoms with Crippen molar-refractivity contribution in [2.24, 2.45) is 0 Å². The number of anilines is 1. The average molecular weight is 322 g/mol. The molecule has 1 aliphatic rings. The minimum atomic E-state index is -0.238. The molecule has 1 saturated heterocycles. The summed E-state index contributed by atoms with van der Waals surface area (Å²) >= 11 is 0. The molecule has 122 valence electrons. The Bertz CT molecular complexity index is 872. The Balaban J connectivity index is 1.67. The molecule has 0 unspecified atom stereocenters. The van der Waals surface area contributed by atoms with Crippen LogP contribution >= 0.6 is 0 Å². The summed E-state index contributed by atoms with van der Waals surface area (Å²) in [4.78, 5) is 13.6. The van der Waals surface area contributed by atoms with Crippen molar-refractivity contribution in [1.29, 1.82) is 0 Å². The number of piperazine rings is 1. The second-order valence-corrected chi connectivity index (χ2v) is 6.25. The van der Waals surface area contributed by atoms with Crippen LogP contribution in [0.5, 0.6) is 0 Å². The van der Waals surface area contributed by atoms with Crippen molar-refractivity contribution in [2.75, 3.05) is 38.1 Å². The summed E-state index contributed by atoms with van der Waals surface area (Å²) in [6.07, 6.45) is 3.56. The number of benzene rings is 1. The van der Waals surface area contributed by atoms with E-state index in [-0.39, 0.29) is 5.82 Å². The maximum absolute atomic E-state index is 13.3. The van der Waals surface area contributed by atoms with E-state index >= 15 is 0 Å². The number of fused-ring (bicyclic) bond motifs is 1.